The fourth-order valence-electron chi connectivity index (χ4n) is 2.89. The molecule has 0 saturated carbocycles. The SMILES string of the molecule is CCN(C(=O)C1CC(c2ccc(Cl)cc2)NN1)c1ccccc1. The van der Waals surface area contributed by atoms with Crippen molar-refractivity contribution >= 4 is 23.2 Å². The smallest absolute Gasteiger partial charge is 0.245 e. The average Bonchev–Trinajstić information content (AvgIpc) is 3.07. The molecule has 3 rings (SSSR count). The third kappa shape index (κ3) is 3.55. The van der Waals surface area contributed by atoms with E-state index in [1.165, 1.54) is 0 Å². The number of nitrogens with one attached hydrogen (secondary N) is 2. The van der Waals surface area contributed by atoms with Gasteiger partial charge in [0.2, 0.25) is 5.91 Å². The molecule has 1 aliphatic heterocycles. The van der Waals surface area contributed by atoms with E-state index in [0.717, 1.165) is 11.3 Å². The first-order chi connectivity index (χ1) is 11.2. The van der Waals surface area contributed by atoms with Crippen molar-refractivity contribution in [1.29, 1.82) is 0 Å². The molecular weight excluding hydrogens is 310 g/mol. The van der Waals surface area contributed by atoms with Crippen LogP contribution >= 0.6 is 11.6 Å². The lowest BCUT2D eigenvalue weighted by Gasteiger charge is -2.24. The minimum absolute atomic E-state index is 0.0858. The van der Waals surface area contributed by atoms with Crippen LogP contribution in [0.15, 0.2) is 54.6 Å². The van der Waals surface area contributed by atoms with Crippen LogP contribution in [0.3, 0.4) is 0 Å². The van der Waals surface area contributed by atoms with Gasteiger partial charge in [0.1, 0.15) is 6.04 Å². The first-order valence-corrected chi connectivity index (χ1v) is 8.19. The molecule has 2 N–H and O–H groups in total. The van der Waals surface area contributed by atoms with Crippen molar-refractivity contribution in [2.75, 3.05) is 11.4 Å². The number of rotatable bonds is 4. The predicted molar refractivity (Wildman–Crippen MR) is 93.3 cm³/mol. The third-order valence-corrected chi connectivity index (χ3v) is 4.38. The van der Waals surface area contributed by atoms with Crippen LogP contribution in [0.5, 0.6) is 0 Å². The van der Waals surface area contributed by atoms with Gasteiger partial charge in [-0.1, -0.05) is 41.9 Å². The Morgan fingerprint density at radius 1 is 1.13 bits per heavy atom. The standard InChI is InChI=1S/C18H20ClN3O/c1-2-22(15-6-4-3-5-7-15)18(23)17-12-16(20-21-17)13-8-10-14(19)11-9-13/h3-11,16-17,20-21H,2,12H2,1H3. The van der Waals surface area contributed by atoms with Crippen LogP contribution in [0.4, 0.5) is 5.69 Å². The van der Waals surface area contributed by atoms with E-state index in [4.69, 9.17) is 11.6 Å². The molecule has 1 fully saturated rings. The van der Waals surface area contributed by atoms with E-state index in [1.54, 1.807) is 0 Å². The van der Waals surface area contributed by atoms with E-state index >= 15 is 0 Å². The Labute approximate surface area is 141 Å². The lowest BCUT2D eigenvalue weighted by Crippen LogP contribution is -2.45. The second kappa shape index (κ2) is 7.13. The molecule has 2 atom stereocenters. The monoisotopic (exact) mass is 329 g/mol. The van der Waals surface area contributed by atoms with Crippen LogP contribution < -0.4 is 15.8 Å². The van der Waals surface area contributed by atoms with Crippen molar-refractivity contribution in [2.24, 2.45) is 0 Å². The molecule has 2 aromatic carbocycles. The summed E-state index contributed by atoms with van der Waals surface area (Å²) in [5.41, 5.74) is 8.40. The maximum absolute atomic E-state index is 12.8. The van der Waals surface area contributed by atoms with Gasteiger partial charge < -0.3 is 4.90 Å². The van der Waals surface area contributed by atoms with Crippen molar-refractivity contribution in [2.45, 2.75) is 25.4 Å². The lowest BCUT2D eigenvalue weighted by atomic mass is 10.0. The number of benzene rings is 2. The van der Waals surface area contributed by atoms with Gasteiger partial charge in [0, 0.05) is 23.3 Å². The number of nitrogens with zero attached hydrogens (tertiary/aromatic N) is 1. The number of amides is 1. The number of hydrogen-bond donors (Lipinski definition) is 2. The normalized spacial score (nSPS) is 20.4. The summed E-state index contributed by atoms with van der Waals surface area (Å²) in [5.74, 6) is 0.0858. The van der Waals surface area contributed by atoms with Crippen molar-refractivity contribution < 1.29 is 4.79 Å². The van der Waals surface area contributed by atoms with Crippen molar-refractivity contribution in [3.63, 3.8) is 0 Å². The number of likely N-dealkylation sites (N-methyl/N-ethyl adjacent to an activating group) is 1. The second-order valence-electron chi connectivity index (χ2n) is 5.60. The summed E-state index contributed by atoms with van der Waals surface area (Å²) in [6.45, 7) is 2.64. The fourth-order valence-corrected chi connectivity index (χ4v) is 3.02. The molecular formula is C18H20ClN3O. The van der Waals surface area contributed by atoms with E-state index < -0.39 is 0 Å². The zero-order chi connectivity index (χ0) is 16.2. The van der Waals surface area contributed by atoms with E-state index in [9.17, 15) is 4.79 Å². The van der Waals surface area contributed by atoms with Gasteiger partial charge in [-0.25, -0.2) is 10.9 Å². The molecule has 4 nitrogen and oxygen atoms in total. The van der Waals surface area contributed by atoms with E-state index in [-0.39, 0.29) is 18.0 Å². The van der Waals surface area contributed by atoms with Crippen molar-refractivity contribution in [1.82, 2.24) is 10.9 Å². The molecule has 2 unspecified atom stereocenters. The molecule has 23 heavy (non-hydrogen) atoms. The highest BCUT2D eigenvalue weighted by Gasteiger charge is 2.32. The molecule has 5 heteroatoms. The number of para-hydroxylation sites is 1. The van der Waals surface area contributed by atoms with Gasteiger partial charge in [0.05, 0.1) is 0 Å². The number of hydrogen-bond acceptors (Lipinski definition) is 3. The van der Waals surface area contributed by atoms with Gasteiger partial charge in [0.25, 0.3) is 0 Å². The number of hydrazine groups is 1. The predicted octanol–water partition coefficient (Wildman–Crippen LogP) is 3.30. The highest BCUT2D eigenvalue weighted by Crippen LogP contribution is 2.25. The summed E-state index contributed by atoms with van der Waals surface area (Å²) in [5, 5.41) is 0.716. The summed E-state index contributed by atoms with van der Waals surface area (Å²) in [4.78, 5) is 14.6. The van der Waals surface area contributed by atoms with Gasteiger partial charge >= 0.3 is 0 Å². The van der Waals surface area contributed by atoms with E-state index in [2.05, 4.69) is 10.9 Å². The minimum Gasteiger partial charge on any atom is -0.311 e. The zero-order valence-corrected chi connectivity index (χ0v) is 13.8. The van der Waals surface area contributed by atoms with Crippen LogP contribution in [0.1, 0.15) is 24.9 Å². The molecule has 0 bridgehead atoms. The van der Waals surface area contributed by atoms with Gasteiger partial charge in [-0.2, -0.15) is 0 Å². The summed E-state index contributed by atoms with van der Waals surface area (Å²) in [6, 6.07) is 17.4. The molecule has 2 aromatic rings. The number of carbonyl (C=O) groups is 1. The average molecular weight is 330 g/mol. The quantitative estimate of drug-likeness (QED) is 0.904. The van der Waals surface area contributed by atoms with Crippen LogP contribution in [-0.2, 0) is 4.79 Å². The molecule has 1 heterocycles. The summed E-state index contributed by atoms with van der Waals surface area (Å²) >= 11 is 5.93. The number of carbonyl (C=O) groups excluding carboxylic acids is 1. The van der Waals surface area contributed by atoms with Gasteiger partial charge in [-0.15, -0.1) is 0 Å². The van der Waals surface area contributed by atoms with Gasteiger partial charge in [-0.05, 0) is 43.2 Å². The molecule has 0 aliphatic carbocycles. The molecule has 0 spiro atoms. The topological polar surface area (TPSA) is 44.4 Å². The van der Waals surface area contributed by atoms with E-state index in [0.29, 0.717) is 18.0 Å². The van der Waals surface area contributed by atoms with Crippen LogP contribution in [-0.4, -0.2) is 18.5 Å². The van der Waals surface area contributed by atoms with Crippen molar-refractivity contribution in [3.05, 3.63) is 65.2 Å². The van der Waals surface area contributed by atoms with Gasteiger partial charge in [0.15, 0.2) is 0 Å². The van der Waals surface area contributed by atoms with Gasteiger partial charge in [-0.3, -0.25) is 4.79 Å². The second-order valence-corrected chi connectivity index (χ2v) is 6.04. The van der Waals surface area contributed by atoms with Crippen molar-refractivity contribution in [3.8, 4) is 0 Å². The molecule has 120 valence electrons. The number of halogens is 1. The first-order valence-electron chi connectivity index (χ1n) is 7.82. The summed E-state index contributed by atoms with van der Waals surface area (Å²) in [6.07, 6.45) is 0.712. The molecule has 1 aliphatic rings. The van der Waals surface area contributed by atoms with Crippen LogP contribution in [0.2, 0.25) is 5.02 Å². The maximum Gasteiger partial charge on any atom is 0.245 e. The molecule has 0 radical (unpaired) electrons. The van der Waals surface area contributed by atoms with E-state index in [1.807, 2.05) is 66.4 Å². The third-order valence-electron chi connectivity index (χ3n) is 4.12. The lowest BCUT2D eigenvalue weighted by molar-refractivity contribution is -0.120. The Morgan fingerprint density at radius 3 is 2.48 bits per heavy atom. The largest absolute Gasteiger partial charge is 0.311 e. The molecule has 1 saturated heterocycles. The Bertz CT molecular complexity index is 660. The first kappa shape index (κ1) is 16.0. The molecule has 1 amide bonds. The Kier molecular flexibility index (Phi) is 4.96. The highest BCUT2D eigenvalue weighted by molar-refractivity contribution is 6.30. The van der Waals surface area contributed by atoms with Crippen LogP contribution in [0.25, 0.3) is 0 Å². The summed E-state index contributed by atoms with van der Waals surface area (Å²) in [7, 11) is 0. The number of anilines is 1. The summed E-state index contributed by atoms with van der Waals surface area (Å²) < 4.78 is 0. The Morgan fingerprint density at radius 2 is 1.83 bits per heavy atom. The fraction of sp³-hybridized carbons (Fsp3) is 0.278. The highest BCUT2D eigenvalue weighted by atomic mass is 35.5. The maximum atomic E-state index is 12.8. The Balaban J connectivity index is 1.70. The zero-order valence-electron chi connectivity index (χ0n) is 13.0. The minimum atomic E-state index is -0.240. The Hall–Kier alpha value is -1.88. The molecule has 0 aromatic heterocycles. The van der Waals surface area contributed by atoms with Crippen LogP contribution in [0, 0.1) is 0 Å².